The average molecular weight is 275 g/mol. The fourth-order valence-electron chi connectivity index (χ4n) is 1.61. The Bertz CT molecular complexity index is 599. The summed E-state index contributed by atoms with van der Waals surface area (Å²) in [6, 6.07) is 8.52. The average Bonchev–Trinajstić information content (AvgIpc) is 2.36. The first kappa shape index (κ1) is 13.8. The number of aromatic amines is 1. The van der Waals surface area contributed by atoms with Gasteiger partial charge in [-0.2, -0.15) is 5.10 Å². The van der Waals surface area contributed by atoms with Gasteiger partial charge in [-0.15, -0.1) is 5.10 Å². The van der Waals surface area contributed by atoms with Crippen molar-refractivity contribution in [3.63, 3.8) is 0 Å². The second-order valence-corrected chi connectivity index (χ2v) is 6.34. The number of nitrogens with zero attached hydrogens (tertiary/aromatic N) is 2. The largest absolute Gasteiger partial charge is 0.299 e. The van der Waals surface area contributed by atoms with Crippen LogP contribution in [-0.2, 0) is 11.2 Å². The van der Waals surface area contributed by atoms with E-state index in [1.807, 2.05) is 0 Å². The van der Waals surface area contributed by atoms with Crippen molar-refractivity contribution in [1.82, 2.24) is 15.2 Å². The Morgan fingerprint density at radius 3 is 2.47 bits per heavy atom. The van der Waals surface area contributed by atoms with Crippen molar-refractivity contribution >= 4 is 11.8 Å². The van der Waals surface area contributed by atoms with Crippen LogP contribution in [0, 0.1) is 0 Å². The molecule has 0 aliphatic carbocycles. The summed E-state index contributed by atoms with van der Waals surface area (Å²) >= 11 is 1.47. The van der Waals surface area contributed by atoms with Gasteiger partial charge in [0.05, 0.1) is 0 Å². The number of rotatable bonds is 3. The van der Waals surface area contributed by atoms with Crippen molar-refractivity contribution < 1.29 is 0 Å². The molecule has 19 heavy (non-hydrogen) atoms. The van der Waals surface area contributed by atoms with E-state index in [0.29, 0.717) is 5.16 Å². The molecule has 0 spiro atoms. The lowest BCUT2D eigenvalue weighted by molar-refractivity contribution is 0.590. The highest BCUT2D eigenvalue weighted by molar-refractivity contribution is 7.98. The molecule has 0 aliphatic rings. The van der Waals surface area contributed by atoms with Crippen LogP contribution in [0.3, 0.4) is 0 Å². The van der Waals surface area contributed by atoms with Crippen LogP contribution < -0.4 is 5.56 Å². The summed E-state index contributed by atoms with van der Waals surface area (Å²) in [5.74, 6) is 0.763. The summed E-state index contributed by atoms with van der Waals surface area (Å²) < 4.78 is 0. The second kappa shape index (κ2) is 5.57. The lowest BCUT2D eigenvalue weighted by Crippen LogP contribution is -2.10. The van der Waals surface area contributed by atoms with Gasteiger partial charge < -0.3 is 0 Å². The summed E-state index contributed by atoms with van der Waals surface area (Å²) in [6.45, 7) is 6.59. The van der Waals surface area contributed by atoms with E-state index in [-0.39, 0.29) is 11.0 Å². The Hall–Kier alpha value is -1.62. The van der Waals surface area contributed by atoms with Gasteiger partial charge in [0, 0.05) is 5.75 Å². The summed E-state index contributed by atoms with van der Waals surface area (Å²) in [5.41, 5.74) is 2.46. The minimum atomic E-state index is -0.222. The molecule has 0 atom stereocenters. The highest BCUT2D eigenvalue weighted by atomic mass is 32.2. The lowest BCUT2D eigenvalue weighted by atomic mass is 9.87. The molecule has 1 N–H and O–H groups in total. The quantitative estimate of drug-likeness (QED) is 0.875. The monoisotopic (exact) mass is 275 g/mol. The highest BCUT2D eigenvalue weighted by Crippen LogP contribution is 2.24. The zero-order valence-corrected chi connectivity index (χ0v) is 12.1. The molecule has 0 unspecified atom stereocenters. The molecular formula is C14H17N3OS. The topological polar surface area (TPSA) is 58.6 Å². The summed E-state index contributed by atoms with van der Waals surface area (Å²) in [7, 11) is 0. The SMILES string of the molecule is CC(C)(C)c1ccc(CSc2nncc(=O)[nH]2)cc1. The van der Waals surface area contributed by atoms with Crippen molar-refractivity contribution in [2.24, 2.45) is 0 Å². The van der Waals surface area contributed by atoms with Crippen LogP contribution >= 0.6 is 11.8 Å². The van der Waals surface area contributed by atoms with Crippen LogP contribution in [0.25, 0.3) is 0 Å². The molecule has 0 aliphatic heterocycles. The maximum atomic E-state index is 11.1. The van der Waals surface area contributed by atoms with E-state index in [1.54, 1.807) is 0 Å². The smallest absolute Gasteiger partial charge is 0.270 e. The zero-order chi connectivity index (χ0) is 13.9. The molecule has 1 heterocycles. The van der Waals surface area contributed by atoms with E-state index >= 15 is 0 Å². The van der Waals surface area contributed by atoms with E-state index in [9.17, 15) is 4.79 Å². The zero-order valence-electron chi connectivity index (χ0n) is 11.3. The van der Waals surface area contributed by atoms with Crippen molar-refractivity contribution in [1.29, 1.82) is 0 Å². The van der Waals surface area contributed by atoms with Gasteiger partial charge in [-0.05, 0) is 16.5 Å². The Balaban J connectivity index is 2.03. The molecule has 0 amide bonds. The van der Waals surface area contributed by atoms with Gasteiger partial charge >= 0.3 is 0 Å². The number of hydrogen-bond acceptors (Lipinski definition) is 4. The van der Waals surface area contributed by atoms with E-state index in [1.165, 1.54) is 29.1 Å². The molecule has 0 fully saturated rings. The normalized spacial score (nSPS) is 11.5. The van der Waals surface area contributed by atoms with E-state index in [0.717, 1.165) is 5.75 Å². The fourth-order valence-corrected chi connectivity index (χ4v) is 2.39. The first-order valence-electron chi connectivity index (χ1n) is 6.09. The summed E-state index contributed by atoms with van der Waals surface area (Å²) in [6.07, 6.45) is 1.17. The number of H-pyrrole nitrogens is 1. The number of nitrogens with one attached hydrogen (secondary N) is 1. The standard InChI is InChI=1S/C14H17N3OS/c1-14(2,3)11-6-4-10(5-7-11)9-19-13-16-12(18)8-15-17-13/h4-8H,9H2,1-3H3,(H,16,17,18). The van der Waals surface area contributed by atoms with Crippen molar-refractivity contribution in [3.05, 3.63) is 51.9 Å². The third kappa shape index (κ3) is 3.92. The van der Waals surface area contributed by atoms with Gasteiger partial charge in [-0.3, -0.25) is 9.78 Å². The van der Waals surface area contributed by atoms with Gasteiger partial charge in [-0.25, -0.2) is 0 Å². The molecule has 0 saturated heterocycles. The van der Waals surface area contributed by atoms with Crippen LogP contribution in [0.1, 0.15) is 31.9 Å². The predicted octanol–water partition coefficient (Wildman–Crippen LogP) is 2.75. The van der Waals surface area contributed by atoms with Crippen LogP contribution in [0.15, 0.2) is 40.4 Å². The van der Waals surface area contributed by atoms with Gasteiger partial charge in [0.25, 0.3) is 5.56 Å². The van der Waals surface area contributed by atoms with Crippen LogP contribution in [-0.4, -0.2) is 15.2 Å². The van der Waals surface area contributed by atoms with Crippen molar-refractivity contribution in [2.75, 3.05) is 0 Å². The summed E-state index contributed by atoms with van der Waals surface area (Å²) in [5, 5.41) is 8.05. The Labute approximate surface area is 116 Å². The molecule has 0 radical (unpaired) electrons. The molecule has 0 bridgehead atoms. The van der Waals surface area contributed by atoms with E-state index < -0.39 is 0 Å². The third-order valence-corrected chi connectivity index (χ3v) is 3.68. The first-order chi connectivity index (χ1) is 8.95. The van der Waals surface area contributed by atoms with Crippen LogP contribution in [0.4, 0.5) is 0 Å². The molecule has 1 aromatic heterocycles. The van der Waals surface area contributed by atoms with E-state index in [4.69, 9.17) is 0 Å². The number of aromatic nitrogens is 3. The predicted molar refractivity (Wildman–Crippen MR) is 77.4 cm³/mol. The minimum absolute atomic E-state index is 0.168. The fraction of sp³-hybridized carbons (Fsp3) is 0.357. The van der Waals surface area contributed by atoms with Crippen molar-refractivity contribution in [3.8, 4) is 0 Å². The molecule has 2 aromatic rings. The molecule has 5 heteroatoms. The Morgan fingerprint density at radius 2 is 1.89 bits per heavy atom. The Morgan fingerprint density at radius 1 is 1.21 bits per heavy atom. The number of hydrogen-bond donors (Lipinski definition) is 1. The van der Waals surface area contributed by atoms with Crippen LogP contribution in [0.2, 0.25) is 0 Å². The summed E-state index contributed by atoms with van der Waals surface area (Å²) in [4.78, 5) is 13.7. The molecule has 4 nitrogen and oxygen atoms in total. The molecule has 100 valence electrons. The number of thioether (sulfide) groups is 1. The molecule has 1 aromatic carbocycles. The second-order valence-electron chi connectivity index (χ2n) is 5.37. The van der Waals surface area contributed by atoms with Gasteiger partial charge in [0.2, 0.25) is 0 Å². The van der Waals surface area contributed by atoms with Crippen LogP contribution in [0.5, 0.6) is 0 Å². The maximum Gasteiger partial charge on any atom is 0.270 e. The Kier molecular flexibility index (Phi) is 4.04. The third-order valence-electron chi connectivity index (χ3n) is 2.75. The first-order valence-corrected chi connectivity index (χ1v) is 7.08. The van der Waals surface area contributed by atoms with E-state index in [2.05, 4.69) is 60.2 Å². The molecular weight excluding hydrogens is 258 g/mol. The van der Waals surface area contributed by atoms with Gasteiger partial charge in [0.15, 0.2) is 5.16 Å². The van der Waals surface area contributed by atoms with Gasteiger partial charge in [-0.1, -0.05) is 56.8 Å². The minimum Gasteiger partial charge on any atom is -0.299 e. The molecule has 0 saturated carbocycles. The number of benzene rings is 1. The maximum absolute atomic E-state index is 11.1. The lowest BCUT2D eigenvalue weighted by Gasteiger charge is -2.19. The van der Waals surface area contributed by atoms with Crippen molar-refractivity contribution in [2.45, 2.75) is 37.1 Å². The highest BCUT2D eigenvalue weighted by Gasteiger charge is 2.12. The molecule has 2 rings (SSSR count). The van der Waals surface area contributed by atoms with Gasteiger partial charge in [0.1, 0.15) is 6.20 Å².